The first-order valence-electron chi connectivity index (χ1n) is 20.6. The van der Waals surface area contributed by atoms with E-state index in [0.29, 0.717) is 12.8 Å². The van der Waals surface area contributed by atoms with Crippen LogP contribution >= 0.6 is 0 Å². The SMILES string of the molecule is CC/C=C\C/C=C\C/C=C\CCCCCCC(=O)OCC(COC(=O)C/C=C\C/C=C\C/C=C\CC)OC(=O)CCCCCCC/C=C\CCCC. The minimum absolute atomic E-state index is 0.120. The fourth-order valence-electron chi connectivity index (χ4n) is 5.08. The Morgan fingerprint density at radius 3 is 1.37 bits per heavy atom. The molecule has 0 spiro atoms. The van der Waals surface area contributed by atoms with Crippen molar-refractivity contribution >= 4 is 17.9 Å². The van der Waals surface area contributed by atoms with Crippen LogP contribution in [0.5, 0.6) is 0 Å². The number of carbonyl (C=O) groups is 3. The summed E-state index contributed by atoms with van der Waals surface area (Å²) in [6.07, 6.45) is 50.3. The fraction of sp³-hybridized carbons (Fsp3) is 0.630. The van der Waals surface area contributed by atoms with Gasteiger partial charge < -0.3 is 14.2 Å². The summed E-state index contributed by atoms with van der Waals surface area (Å²) in [6, 6.07) is 0. The van der Waals surface area contributed by atoms with E-state index >= 15 is 0 Å². The normalized spacial score (nSPS) is 12.9. The molecule has 0 N–H and O–H groups in total. The van der Waals surface area contributed by atoms with E-state index in [9.17, 15) is 14.4 Å². The number of rotatable bonds is 35. The van der Waals surface area contributed by atoms with Crippen LogP contribution in [-0.4, -0.2) is 37.2 Å². The lowest BCUT2D eigenvalue weighted by atomic mass is 10.1. The molecule has 6 heteroatoms. The van der Waals surface area contributed by atoms with E-state index in [1.807, 2.05) is 6.08 Å². The number of esters is 3. The smallest absolute Gasteiger partial charge is 0.309 e. The number of ether oxygens (including phenoxy) is 3. The van der Waals surface area contributed by atoms with E-state index < -0.39 is 12.1 Å². The zero-order valence-corrected chi connectivity index (χ0v) is 33.3. The zero-order chi connectivity index (χ0) is 38.0. The average Bonchev–Trinajstić information content (AvgIpc) is 3.14. The molecule has 1 unspecified atom stereocenters. The van der Waals surface area contributed by atoms with Crippen LogP contribution < -0.4 is 0 Å². The molecule has 1 atom stereocenters. The van der Waals surface area contributed by atoms with E-state index in [1.165, 1.54) is 25.7 Å². The summed E-state index contributed by atoms with van der Waals surface area (Å²) in [5.74, 6) is -1.09. The first-order chi connectivity index (χ1) is 25.5. The second-order valence-electron chi connectivity index (χ2n) is 13.1. The molecule has 0 bridgehead atoms. The summed E-state index contributed by atoms with van der Waals surface area (Å²) in [7, 11) is 0. The molecule has 0 amide bonds. The van der Waals surface area contributed by atoms with Crippen molar-refractivity contribution in [3.05, 3.63) is 85.1 Å². The summed E-state index contributed by atoms with van der Waals surface area (Å²) in [5.41, 5.74) is 0. The van der Waals surface area contributed by atoms with Crippen molar-refractivity contribution in [2.24, 2.45) is 0 Å². The van der Waals surface area contributed by atoms with Crippen molar-refractivity contribution in [3.8, 4) is 0 Å². The molecule has 0 rings (SSSR count). The Morgan fingerprint density at radius 2 is 0.827 bits per heavy atom. The molecule has 0 fully saturated rings. The topological polar surface area (TPSA) is 78.9 Å². The highest BCUT2D eigenvalue weighted by Gasteiger charge is 2.19. The van der Waals surface area contributed by atoms with Crippen LogP contribution in [0, 0.1) is 0 Å². The Kier molecular flexibility index (Phi) is 37.7. The van der Waals surface area contributed by atoms with Crippen molar-refractivity contribution in [3.63, 3.8) is 0 Å². The van der Waals surface area contributed by atoms with Crippen molar-refractivity contribution in [2.75, 3.05) is 13.2 Å². The molecular formula is C46H74O6. The molecule has 0 aliphatic carbocycles. The summed E-state index contributed by atoms with van der Waals surface area (Å²) in [4.78, 5) is 37.5. The lowest BCUT2D eigenvalue weighted by Gasteiger charge is -2.18. The van der Waals surface area contributed by atoms with Crippen molar-refractivity contribution in [2.45, 2.75) is 175 Å². The van der Waals surface area contributed by atoms with E-state index in [2.05, 4.69) is 93.7 Å². The van der Waals surface area contributed by atoms with Crippen molar-refractivity contribution in [1.82, 2.24) is 0 Å². The third-order valence-electron chi connectivity index (χ3n) is 8.15. The maximum absolute atomic E-state index is 12.6. The fourth-order valence-corrected chi connectivity index (χ4v) is 5.08. The molecule has 0 aliphatic heterocycles. The maximum Gasteiger partial charge on any atom is 0.309 e. The van der Waals surface area contributed by atoms with Gasteiger partial charge in [0.1, 0.15) is 13.2 Å². The van der Waals surface area contributed by atoms with Gasteiger partial charge in [0.15, 0.2) is 6.10 Å². The van der Waals surface area contributed by atoms with E-state index in [-0.39, 0.29) is 31.6 Å². The second kappa shape index (κ2) is 40.4. The molecule has 0 heterocycles. The zero-order valence-electron chi connectivity index (χ0n) is 33.3. The van der Waals surface area contributed by atoms with E-state index in [1.54, 1.807) is 6.08 Å². The molecule has 6 nitrogen and oxygen atoms in total. The number of hydrogen-bond acceptors (Lipinski definition) is 6. The molecule has 0 saturated carbocycles. The standard InChI is InChI=1S/C46H74O6/c1-4-7-10-13-16-19-21-22-23-25-27-30-33-36-39-45(48)51-42-43(41-50-44(47)38-35-32-29-26-18-15-12-9-6-3)52-46(49)40-37-34-31-28-24-20-17-14-11-8-5-2/h7,9-10,12,14,16-19,22-23,26,32,35,43H,4-6,8,11,13,15,20-21,24-25,27-31,33-34,36-42H2,1-3H3/b10-7-,12-9-,17-14-,19-16-,23-22-,26-18-,35-32-. The van der Waals surface area contributed by atoms with Gasteiger partial charge in [-0.3, -0.25) is 14.4 Å². The highest BCUT2D eigenvalue weighted by molar-refractivity contribution is 5.72. The minimum atomic E-state index is -0.822. The van der Waals surface area contributed by atoms with Gasteiger partial charge in [0.25, 0.3) is 0 Å². The molecule has 0 aromatic heterocycles. The number of allylic oxidation sites excluding steroid dienone is 13. The van der Waals surface area contributed by atoms with Gasteiger partial charge >= 0.3 is 17.9 Å². The molecule has 0 radical (unpaired) electrons. The summed E-state index contributed by atoms with van der Waals surface area (Å²) in [6.45, 7) is 6.20. The maximum atomic E-state index is 12.6. The third kappa shape index (κ3) is 37.8. The van der Waals surface area contributed by atoms with Gasteiger partial charge in [-0.2, -0.15) is 0 Å². The molecular weight excluding hydrogens is 648 g/mol. The van der Waals surface area contributed by atoms with Crippen molar-refractivity contribution < 1.29 is 28.6 Å². The number of carbonyl (C=O) groups excluding carboxylic acids is 3. The molecule has 0 aliphatic rings. The monoisotopic (exact) mass is 723 g/mol. The van der Waals surface area contributed by atoms with Crippen LogP contribution in [0.25, 0.3) is 0 Å². The Hall–Kier alpha value is -3.41. The average molecular weight is 723 g/mol. The molecule has 0 aromatic rings. The predicted octanol–water partition coefficient (Wildman–Crippen LogP) is 12.9. The first-order valence-corrected chi connectivity index (χ1v) is 20.6. The Labute approximate surface area is 318 Å². The van der Waals surface area contributed by atoms with Gasteiger partial charge in [-0.05, 0) is 83.5 Å². The lowest BCUT2D eigenvalue weighted by Crippen LogP contribution is -2.30. The van der Waals surface area contributed by atoms with Crippen LogP contribution in [0.1, 0.15) is 168 Å². The van der Waals surface area contributed by atoms with Gasteiger partial charge in [0.2, 0.25) is 0 Å². The predicted molar refractivity (Wildman–Crippen MR) is 219 cm³/mol. The van der Waals surface area contributed by atoms with Gasteiger partial charge in [-0.1, -0.05) is 151 Å². The molecule has 0 aromatic carbocycles. The number of unbranched alkanes of at least 4 members (excludes halogenated alkanes) is 11. The van der Waals surface area contributed by atoms with E-state index in [4.69, 9.17) is 14.2 Å². The minimum Gasteiger partial charge on any atom is -0.462 e. The van der Waals surface area contributed by atoms with Gasteiger partial charge in [-0.15, -0.1) is 0 Å². The van der Waals surface area contributed by atoms with Crippen LogP contribution in [0.15, 0.2) is 85.1 Å². The summed E-state index contributed by atoms with van der Waals surface area (Å²) >= 11 is 0. The summed E-state index contributed by atoms with van der Waals surface area (Å²) in [5, 5.41) is 0. The highest BCUT2D eigenvalue weighted by Crippen LogP contribution is 2.11. The largest absolute Gasteiger partial charge is 0.462 e. The Bertz CT molecular complexity index is 1060. The molecule has 0 saturated heterocycles. The summed E-state index contributed by atoms with van der Waals surface area (Å²) < 4.78 is 16.5. The van der Waals surface area contributed by atoms with Crippen LogP contribution in [0.4, 0.5) is 0 Å². The first kappa shape index (κ1) is 48.6. The van der Waals surface area contributed by atoms with Crippen LogP contribution in [0.2, 0.25) is 0 Å². The quantitative estimate of drug-likeness (QED) is 0.0280. The van der Waals surface area contributed by atoms with Crippen LogP contribution in [-0.2, 0) is 28.6 Å². The molecule has 294 valence electrons. The van der Waals surface area contributed by atoms with Gasteiger partial charge in [-0.25, -0.2) is 0 Å². The highest BCUT2D eigenvalue weighted by atomic mass is 16.6. The lowest BCUT2D eigenvalue weighted by molar-refractivity contribution is -0.166. The van der Waals surface area contributed by atoms with E-state index in [0.717, 1.165) is 103 Å². The van der Waals surface area contributed by atoms with Gasteiger partial charge in [0, 0.05) is 12.8 Å². The van der Waals surface area contributed by atoms with Crippen molar-refractivity contribution in [1.29, 1.82) is 0 Å². The number of hydrogen-bond donors (Lipinski definition) is 0. The Morgan fingerprint density at radius 1 is 0.423 bits per heavy atom. The molecule has 52 heavy (non-hydrogen) atoms. The Balaban J connectivity index is 4.51. The third-order valence-corrected chi connectivity index (χ3v) is 8.15. The van der Waals surface area contributed by atoms with Gasteiger partial charge in [0.05, 0.1) is 6.42 Å². The second-order valence-corrected chi connectivity index (χ2v) is 13.1. The van der Waals surface area contributed by atoms with Crippen LogP contribution in [0.3, 0.4) is 0 Å².